The molecule has 0 heterocycles. The molecule has 4 nitrogen and oxygen atoms in total. The molecule has 0 radical (unpaired) electrons. The molecule has 0 aliphatic carbocycles. The highest BCUT2D eigenvalue weighted by atomic mass is 16.5. The van der Waals surface area contributed by atoms with Crippen LogP contribution < -0.4 is 0 Å². The highest BCUT2D eigenvalue weighted by molar-refractivity contribution is 5.82. The zero-order valence-corrected chi connectivity index (χ0v) is 9.36. The summed E-state index contributed by atoms with van der Waals surface area (Å²) < 4.78 is 9.58. The Hall–Kier alpha value is -2.02. The average molecular weight is 222 g/mol. The number of carbonyl (C=O) groups is 2. The van der Waals surface area contributed by atoms with Crippen LogP contribution in [-0.4, -0.2) is 24.1 Å². The van der Waals surface area contributed by atoms with Crippen LogP contribution in [0.3, 0.4) is 0 Å². The minimum absolute atomic E-state index is 0.544. The van der Waals surface area contributed by atoms with E-state index in [-0.39, 0.29) is 0 Å². The van der Waals surface area contributed by atoms with Gasteiger partial charge in [0, 0.05) is 12.2 Å². The fraction of sp³-hybridized carbons (Fsp3) is 0.333. The van der Waals surface area contributed by atoms with Crippen molar-refractivity contribution in [3.63, 3.8) is 0 Å². The molecule has 2 atom stereocenters. The first-order valence-corrected chi connectivity index (χ1v) is 4.66. The summed E-state index contributed by atoms with van der Waals surface area (Å²) in [5.41, 5.74) is 0. The maximum Gasteiger partial charge on any atom is 0.331 e. The fourth-order valence-corrected chi connectivity index (χ4v) is 0.738. The second kappa shape index (κ2) is 7.30. The third kappa shape index (κ3) is 6.44. The van der Waals surface area contributed by atoms with Gasteiger partial charge in [0.2, 0.25) is 0 Å². The normalized spacial score (nSPS) is 12.4. The lowest BCUT2D eigenvalue weighted by Crippen LogP contribution is -2.13. The molecule has 2 unspecified atom stereocenters. The van der Waals surface area contributed by atoms with Gasteiger partial charge in [-0.25, -0.2) is 9.59 Å². The van der Waals surface area contributed by atoms with Crippen LogP contribution in [0.5, 0.6) is 0 Å². The Kier molecular flexibility index (Phi) is 6.37. The molecule has 0 aliphatic heterocycles. The van der Waals surface area contributed by atoms with Crippen molar-refractivity contribution in [2.75, 3.05) is 0 Å². The fourth-order valence-electron chi connectivity index (χ4n) is 0.738. The molecule has 86 valence electrons. The topological polar surface area (TPSA) is 52.6 Å². The summed E-state index contributed by atoms with van der Waals surface area (Å²) in [6, 6.07) is 0. The number of rotatable bonds is 4. The van der Waals surface area contributed by atoms with E-state index in [9.17, 15) is 9.59 Å². The van der Waals surface area contributed by atoms with Gasteiger partial charge in [-0.2, -0.15) is 0 Å². The van der Waals surface area contributed by atoms with E-state index in [0.29, 0.717) is 0 Å². The van der Waals surface area contributed by atoms with Crippen molar-refractivity contribution in [3.8, 4) is 11.8 Å². The van der Waals surface area contributed by atoms with Crippen molar-refractivity contribution < 1.29 is 19.1 Å². The predicted octanol–water partition coefficient (Wildman–Crippen LogP) is 1.23. The third-order valence-corrected chi connectivity index (χ3v) is 1.41. The van der Waals surface area contributed by atoms with E-state index < -0.39 is 24.1 Å². The maximum atomic E-state index is 10.8. The number of hydrogen-bond acceptors (Lipinski definition) is 4. The van der Waals surface area contributed by atoms with Crippen molar-refractivity contribution >= 4 is 11.9 Å². The van der Waals surface area contributed by atoms with E-state index in [1.165, 1.54) is 0 Å². The largest absolute Gasteiger partial charge is 0.446 e. The lowest BCUT2D eigenvalue weighted by Gasteiger charge is -2.06. The molecule has 16 heavy (non-hydrogen) atoms. The van der Waals surface area contributed by atoms with Gasteiger partial charge in [0.1, 0.15) is 0 Å². The lowest BCUT2D eigenvalue weighted by atomic mass is 10.3. The van der Waals surface area contributed by atoms with Gasteiger partial charge in [0.15, 0.2) is 12.2 Å². The minimum atomic E-state index is -0.574. The Morgan fingerprint density at radius 3 is 1.56 bits per heavy atom. The molecule has 0 aliphatic rings. The van der Waals surface area contributed by atoms with Crippen LogP contribution in [0.1, 0.15) is 13.8 Å². The monoisotopic (exact) mass is 222 g/mol. The van der Waals surface area contributed by atoms with Crippen LogP contribution in [0.15, 0.2) is 25.3 Å². The summed E-state index contributed by atoms with van der Waals surface area (Å²) >= 11 is 0. The van der Waals surface area contributed by atoms with E-state index in [1.54, 1.807) is 13.8 Å². The summed E-state index contributed by atoms with van der Waals surface area (Å²) in [5.74, 6) is 4.16. The molecule has 0 bridgehead atoms. The Balaban J connectivity index is 4.16. The molecule has 0 N–H and O–H groups in total. The van der Waals surface area contributed by atoms with E-state index in [2.05, 4.69) is 25.0 Å². The summed E-state index contributed by atoms with van der Waals surface area (Å²) in [4.78, 5) is 21.6. The Bertz CT molecular complexity index is 314. The quantitative estimate of drug-likeness (QED) is 0.408. The zero-order valence-electron chi connectivity index (χ0n) is 9.36. The number of carbonyl (C=O) groups excluding carboxylic acids is 2. The number of esters is 2. The summed E-state index contributed by atoms with van der Waals surface area (Å²) in [6.45, 7) is 9.73. The third-order valence-electron chi connectivity index (χ3n) is 1.41. The van der Waals surface area contributed by atoms with E-state index in [0.717, 1.165) is 12.2 Å². The van der Waals surface area contributed by atoms with Gasteiger partial charge >= 0.3 is 11.9 Å². The number of hydrogen-bond donors (Lipinski definition) is 0. The van der Waals surface area contributed by atoms with E-state index >= 15 is 0 Å². The highest BCUT2D eigenvalue weighted by Gasteiger charge is 2.04. The average Bonchev–Trinajstić information content (AvgIpc) is 2.26. The van der Waals surface area contributed by atoms with Crippen LogP contribution in [0.25, 0.3) is 0 Å². The molecular formula is C12H14O4. The zero-order chi connectivity index (χ0) is 12.6. The van der Waals surface area contributed by atoms with Crippen LogP contribution in [0.4, 0.5) is 0 Å². The standard InChI is InChI=1S/C12H14O4/c1-5-11(13)15-9(3)7-8-10(4)16-12(14)6-2/h5-6,9-10H,1-2H2,3-4H3. The Morgan fingerprint density at radius 2 is 1.31 bits per heavy atom. The van der Waals surface area contributed by atoms with E-state index in [4.69, 9.17) is 9.47 Å². The van der Waals surface area contributed by atoms with Crippen molar-refractivity contribution in [2.45, 2.75) is 26.1 Å². The van der Waals surface area contributed by atoms with Crippen LogP contribution >= 0.6 is 0 Å². The van der Waals surface area contributed by atoms with Gasteiger partial charge in [0.05, 0.1) is 0 Å². The second-order valence-corrected chi connectivity index (χ2v) is 2.86. The molecule has 0 aromatic rings. The summed E-state index contributed by atoms with van der Waals surface area (Å²) in [7, 11) is 0. The molecule has 4 heteroatoms. The second-order valence-electron chi connectivity index (χ2n) is 2.86. The van der Waals surface area contributed by atoms with Crippen molar-refractivity contribution in [3.05, 3.63) is 25.3 Å². The smallest absolute Gasteiger partial charge is 0.331 e. The van der Waals surface area contributed by atoms with Crippen molar-refractivity contribution in [2.24, 2.45) is 0 Å². The molecule has 0 amide bonds. The molecule has 0 spiro atoms. The van der Waals surface area contributed by atoms with E-state index in [1.807, 2.05) is 0 Å². The maximum absolute atomic E-state index is 10.8. The highest BCUT2D eigenvalue weighted by Crippen LogP contribution is 1.93. The number of ether oxygens (including phenoxy) is 2. The predicted molar refractivity (Wildman–Crippen MR) is 59.3 cm³/mol. The summed E-state index contributed by atoms with van der Waals surface area (Å²) in [5, 5.41) is 0. The first-order valence-electron chi connectivity index (χ1n) is 4.66. The van der Waals surface area contributed by atoms with Crippen LogP contribution in [0.2, 0.25) is 0 Å². The van der Waals surface area contributed by atoms with Gasteiger partial charge in [-0.3, -0.25) is 0 Å². The van der Waals surface area contributed by atoms with Crippen LogP contribution in [0, 0.1) is 11.8 Å². The van der Waals surface area contributed by atoms with Gasteiger partial charge < -0.3 is 9.47 Å². The van der Waals surface area contributed by atoms with Gasteiger partial charge in [0.25, 0.3) is 0 Å². The molecule has 0 saturated carbocycles. The van der Waals surface area contributed by atoms with Crippen LogP contribution in [-0.2, 0) is 19.1 Å². The van der Waals surface area contributed by atoms with Gasteiger partial charge in [-0.15, -0.1) is 0 Å². The molecular weight excluding hydrogens is 208 g/mol. The van der Waals surface area contributed by atoms with Gasteiger partial charge in [-0.1, -0.05) is 25.0 Å². The molecule has 0 aromatic heterocycles. The Morgan fingerprint density at radius 1 is 1.00 bits per heavy atom. The lowest BCUT2D eigenvalue weighted by molar-refractivity contribution is -0.141. The first-order chi connectivity index (χ1) is 7.49. The van der Waals surface area contributed by atoms with Crippen molar-refractivity contribution in [1.29, 1.82) is 0 Å². The Labute approximate surface area is 94.9 Å². The molecule has 0 rings (SSSR count). The first kappa shape index (κ1) is 14.0. The minimum Gasteiger partial charge on any atom is -0.446 e. The molecule has 0 aromatic carbocycles. The SMILES string of the molecule is C=CC(=O)OC(C)C#CC(C)OC(=O)C=C. The molecule has 0 fully saturated rings. The molecule has 0 saturated heterocycles. The summed E-state index contributed by atoms with van der Waals surface area (Å²) in [6.07, 6.45) is 0.962. The van der Waals surface area contributed by atoms with Crippen molar-refractivity contribution in [1.82, 2.24) is 0 Å². The van der Waals surface area contributed by atoms with Gasteiger partial charge in [-0.05, 0) is 13.8 Å².